The molecule has 144 valence electrons. The van der Waals surface area contributed by atoms with Crippen molar-refractivity contribution < 1.29 is 9.59 Å². The zero-order valence-corrected chi connectivity index (χ0v) is 15.9. The summed E-state index contributed by atoms with van der Waals surface area (Å²) >= 11 is 0. The van der Waals surface area contributed by atoms with Crippen molar-refractivity contribution in [2.45, 2.75) is 45.1 Å². The smallest absolute Gasteiger partial charge is 0.272 e. The van der Waals surface area contributed by atoms with Gasteiger partial charge in [-0.05, 0) is 44.0 Å². The lowest BCUT2D eigenvalue weighted by molar-refractivity contribution is 0.0922. The number of hydrogen-bond acceptors (Lipinski definition) is 3. The Bertz CT molecular complexity index is 1000. The average Bonchev–Trinajstić information content (AvgIpc) is 3.07. The third kappa shape index (κ3) is 3.76. The van der Waals surface area contributed by atoms with E-state index in [-0.39, 0.29) is 23.7 Å². The topological polar surface area (TPSA) is 75.5 Å². The molecule has 1 aliphatic rings. The number of nitrogens with zero attached hydrogens (tertiary/aromatic N) is 2. The number of benzene rings is 1. The molecule has 0 aliphatic heterocycles. The van der Waals surface area contributed by atoms with E-state index in [0.717, 1.165) is 31.2 Å². The molecule has 0 spiro atoms. The standard InChI is InChI=1S/C22H24N4O2/c1-15-10-12-16(13-11-15)21(27)25-20-19(26-14-6-5-9-18(26)24-20)22(28)23-17-7-3-2-4-8-17/h5-6,9-14,17H,2-4,7-8H2,1H3,(H,23,28)(H,25,27). The maximum Gasteiger partial charge on any atom is 0.272 e. The number of fused-ring (bicyclic) bond motifs is 1. The molecule has 0 atom stereocenters. The summed E-state index contributed by atoms with van der Waals surface area (Å²) in [5, 5.41) is 5.95. The van der Waals surface area contributed by atoms with Crippen molar-refractivity contribution in [2.75, 3.05) is 5.32 Å². The van der Waals surface area contributed by atoms with Crippen molar-refractivity contribution in [3.05, 3.63) is 65.5 Å². The summed E-state index contributed by atoms with van der Waals surface area (Å²) in [6, 6.07) is 13.0. The molecular formula is C22H24N4O2. The normalized spacial score (nSPS) is 14.8. The Morgan fingerprint density at radius 3 is 2.50 bits per heavy atom. The molecule has 1 fully saturated rings. The lowest BCUT2D eigenvalue weighted by Gasteiger charge is -2.22. The first-order valence-corrected chi connectivity index (χ1v) is 9.78. The lowest BCUT2D eigenvalue weighted by atomic mass is 9.95. The summed E-state index contributed by atoms with van der Waals surface area (Å²) < 4.78 is 1.73. The second-order valence-electron chi connectivity index (χ2n) is 7.37. The largest absolute Gasteiger partial charge is 0.348 e. The van der Waals surface area contributed by atoms with Gasteiger partial charge in [-0.3, -0.25) is 14.0 Å². The third-order valence-electron chi connectivity index (χ3n) is 5.23. The molecule has 2 aromatic heterocycles. The van der Waals surface area contributed by atoms with Crippen LogP contribution in [0.25, 0.3) is 5.65 Å². The Kier molecular flexibility index (Phi) is 5.10. The van der Waals surface area contributed by atoms with E-state index in [1.54, 1.807) is 22.7 Å². The number of rotatable bonds is 4. The van der Waals surface area contributed by atoms with Crippen molar-refractivity contribution in [2.24, 2.45) is 0 Å². The molecule has 3 aromatic rings. The highest BCUT2D eigenvalue weighted by Crippen LogP contribution is 2.21. The Balaban J connectivity index is 1.63. The molecule has 1 aliphatic carbocycles. The average molecular weight is 376 g/mol. The van der Waals surface area contributed by atoms with Gasteiger partial charge >= 0.3 is 0 Å². The number of carbonyl (C=O) groups excluding carboxylic acids is 2. The summed E-state index contributed by atoms with van der Waals surface area (Å²) in [5.41, 5.74) is 2.59. The highest BCUT2D eigenvalue weighted by molar-refractivity contribution is 6.08. The Morgan fingerprint density at radius 1 is 1.00 bits per heavy atom. The first-order chi connectivity index (χ1) is 13.6. The van der Waals surface area contributed by atoms with Crippen molar-refractivity contribution in [1.82, 2.24) is 14.7 Å². The number of amides is 2. The van der Waals surface area contributed by atoms with Crippen LogP contribution in [0.1, 0.15) is 58.5 Å². The van der Waals surface area contributed by atoms with Crippen LogP contribution in [0.2, 0.25) is 0 Å². The summed E-state index contributed by atoms with van der Waals surface area (Å²) in [4.78, 5) is 30.2. The number of aromatic nitrogens is 2. The van der Waals surface area contributed by atoms with E-state index in [2.05, 4.69) is 15.6 Å². The van der Waals surface area contributed by atoms with Gasteiger partial charge in [0.1, 0.15) is 5.65 Å². The van der Waals surface area contributed by atoms with E-state index in [4.69, 9.17) is 0 Å². The molecule has 0 unspecified atom stereocenters. The first kappa shape index (κ1) is 18.2. The van der Waals surface area contributed by atoms with Gasteiger partial charge in [0.05, 0.1) is 0 Å². The van der Waals surface area contributed by atoms with Gasteiger partial charge in [-0.25, -0.2) is 4.98 Å². The van der Waals surface area contributed by atoms with Crippen LogP contribution in [-0.4, -0.2) is 27.2 Å². The van der Waals surface area contributed by atoms with Gasteiger partial charge in [-0.2, -0.15) is 0 Å². The molecule has 2 amide bonds. The maximum atomic E-state index is 13.0. The van der Waals surface area contributed by atoms with Crippen LogP contribution in [-0.2, 0) is 0 Å². The van der Waals surface area contributed by atoms with Crippen molar-refractivity contribution >= 4 is 23.3 Å². The third-order valence-corrected chi connectivity index (χ3v) is 5.23. The van der Waals surface area contributed by atoms with E-state index in [9.17, 15) is 9.59 Å². The summed E-state index contributed by atoms with van der Waals surface area (Å²) in [6.07, 6.45) is 7.27. The molecule has 4 rings (SSSR count). The van der Waals surface area contributed by atoms with Crippen LogP contribution in [0.4, 0.5) is 5.82 Å². The van der Waals surface area contributed by atoms with Gasteiger partial charge in [0.15, 0.2) is 11.5 Å². The van der Waals surface area contributed by atoms with Crippen LogP contribution in [0, 0.1) is 6.92 Å². The number of imidazole rings is 1. The number of hydrogen-bond donors (Lipinski definition) is 2. The first-order valence-electron chi connectivity index (χ1n) is 9.78. The molecule has 2 heterocycles. The predicted molar refractivity (Wildman–Crippen MR) is 109 cm³/mol. The van der Waals surface area contributed by atoms with E-state index >= 15 is 0 Å². The predicted octanol–water partition coefficient (Wildman–Crippen LogP) is 3.96. The molecular weight excluding hydrogens is 352 g/mol. The SMILES string of the molecule is Cc1ccc(C(=O)Nc2nc3ccccn3c2C(=O)NC2CCCCC2)cc1. The van der Waals surface area contributed by atoms with E-state index < -0.39 is 0 Å². The van der Waals surface area contributed by atoms with Crippen molar-refractivity contribution in [1.29, 1.82) is 0 Å². The van der Waals surface area contributed by atoms with Crippen molar-refractivity contribution in [3.63, 3.8) is 0 Å². The summed E-state index contributed by atoms with van der Waals surface area (Å²) in [6.45, 7) is 1.97. The number of nitrogens with one attached hydrogen (secondary N) is 2. The molecule has 6 heteroatoms. The highest BCUT2D eigenvalue weighted by Gasteiger charge is 2.24. The molecule has 28 heavy (non-hydrogen) atoms. The monoisotopic (exact) mass is 376 g/mol. The van der Waals surface area contributed by atoms with Gasteiger partial charge in [-0.1, -0.05) is 43.0 Å². The lowest BCUT2D eigenvalue weighted by Crippen LogP contribution is -2.37. The molecule has 0 bridgehead atoms. The minimum Gasteiger partial charge on any atom is -0.348 e. The Hall–Kier alpha value is -3.15. The van der Waals surface area contributed by atoms with E-state index in [1.807, 2.05) is 37.3 Å². The Labute approximate surface area is 164 Å². The number of carbonyl (C=O) groups is 2. The molecule has 2 N–H and O–H groups in total. The van der Waals surface area contributed by atoms with Crippen LogP contribution < -0.4 is 10.6 Å². The number of anilines is 1. The minimum atomic E-state index is -0.282. The number of pyridine rings is 1. The van der Waals surface area contributed by atoms with E-state index in [1.165, 1.54) is 6.42 Å². The van der Waals surface area contributed by atoms with Crippen LogP contribution >= 0.6 is 0 Å². The molecule has 1 aromatic carbocycles. The quantitative estimate of drug-likeness (QED) is 0.724. The van der Waals surface area contributed by atoms with E-state index in [0.29, 0.717) is 16.9 Å². The fourth-order valence-corrected chi connectivity index (χ4v) is 3.69. The summed E-state index contributed by atoms with van der Waals surface area (Å²) in [7, 11) is 0. The zero-order valence-electron chi connectivity index (χ0n) is 15.9. The Morgan fingerprint density at radius 2 is 1.75 bits per heavy atom. The fourth-order valence-electron chi connectivity index (χ4n) is 3.69. The second-order valence-corrected chi connectivity index (χ2v) is 7.37. The zero-order chi connectivity index (χ0) is 19.5. The van der Waals surface area contributed by atoms with Gasteiger partial charge in [0.2, 0.25) is 0 Å². The van der Waals surface area contributed by atoms with Gasteiger partial charge < -0.3 is 10.6 Å². The molecule has 0 saturated heterocycles. The van der Waals surface area contributed by atoms with Crippen LogP contribution in [0.3, 0.4) is 0 Å². The maximum absolute atomic E-state index is 13.0. The second kappa shape index (κ2) is 7.84. The molecule has 0 radical (unpaired) electrons. The molecule has 6 nitrogen and oxygen atoms in total. The number of aryl methyl sites for hydroxylation is 1. The fraction of sp³-hybridized carbons (Fsp3) is 0.318. The molecule has 1 saturated carbocycles. The van der Waals surface area contributed by atoms with Crippen LogP contribution in [0.15, 0.2) is 48.7 Å². The summed E-state index contributed by atoms with van der Waals surface area (Å²) in [5.74, 6) is -0.204. The van der Waals surface area contributed by atoms with Gasteiger partial charge in [-0.15, -0.1) is 0 Å². The van der Waals surface area contributed by atoms with Gasteiger partial charge in [0.25, 0.3) is 11.8 Å². The minimum absolute atomic E-state index is 0.177. The van der Waals surface area contributed by atoms with Crippen LogP contribution in [0.5, 0.6) is 0 Å². The van der Waals surface area contributed by atoms with Gasteiger partial charge in [0, 0.05) is 17.8 Å². The highest BCUT2D eigenvalue weighted by atomic mass is 16.2. The van der Waals surface area contributed by atoms with Crippen molar-refractivity contribution in [3.8, 4) is 0 Å².